The SMILES string of the molecule is C=Cc1ccc(COc2ccc(-n3c(-c4ccc(CCCCCCCC)cc4)nc4c5ccccc5c5ccccc5c43)cc2)cc1. The normalized spacial score (nSPS) is 11.4. The number of aryl methyl sites for hydroxylation is 1. The first-order chi connectivity index (χ1) is 23.2. The van der Waals surface area contributed by atoms with E-state index in [0.717, 1.165) is 51.4 Å². The van der Waals surface area contributed by atoms with E-state index < -0.39 is 0 Å². The lowest BCUT2D eigenvalue weighted by Gasteiger charge is -2.14. The van der Waals surface area contributed by atoms with Gasteiger partial charge >= 0.3 is 0 Å². The Balaban J connectivity index is 1.26. The van der Waals surface area contributed by atoms with E-state index in [2.05, 4.69) is 139 Å². The summed E-state index contributed by atoms with van der Waals surface area (Å²) >= 11 is 0. The third kappa shape index (κ3) is 6.44. The van der Waals surface area contributed by atoms with Crippen LogP contribution in [0.25, 0.3) is 55.7 Å². The van der Waals surface area contributed by atoms with Crippen molar-refractivity contribution in [3.05, 3.63) is 145 Å². The van der Waals surface area contributed by atoms with Crippen LogP contribution in [0.15, 0.2) is 128 Å². The maximum absolute atomic E-state index is 6.19. The molecular formula is C44H42N2O. The molecule has 0 fully saturated rings. The first-order valence-electron chi connectivity index (χ1n) is 17.1. The summed E-state index contributed by atoms with van der Waals surface area (Å²) < 4.78 is 8.53. The van der Waals surface area contributed by atoms with Crippen molar-refractivity contribution in [3.63, 3.8) is 0 Å². The smallest absolute Gasteiger partial charge is 0.145 e. The number of hydrogen-bond donors (Lipinski definition) is 0. The predicted molar refractivity (Wildman–Crippen MR) is 199 cm³/mol. The van der Waals surface area contributed by atoms with Crippen molar-refractivity contribution in [2.75, 3.05) is 0 Å². The molecule has 0 saturated heterocycles. The second-order valence-corrected chi connectivity index (χ2v) is 12.5. The second-order valence-electron chi connectivity index (χ2n) is 12.5. The number of imidazole rings is 1. The predicted octanol–water partition coefficient (Wildman–Crippen LogP) is 12.1. The fourth-order valence-electron chi connectivity index (χ4n) is 6.69. The van der Waals surface area contributed by atoms with Crippen LogP contribution in [0.1, 0.15) is 62.1 Å². The fraction of sp³-hybridized carbons (Fsp3) is 0.205. The van der Waals surface area contributed by atoms with Gasteiger partial charge in [0.2, 0.25) is 0 Å². The van der Waals surface area contributed by atoms with Crippen molar-refractivity contribution < 1.29 is 4.74 Å². The van der Waals surface area contributed by atoms with Gasteiger partial charge in [-0.15, -0.1) is 0 Å². The third-order valence-corrected chi connectivity index (χ3v) is 9.28. The van der Waals surface area contributed by atoms with Gasteiger partial charge in [0.05, 0.1) is 11.0 Å². The zero-order valence-corrected chi connectivity index (χ0v) is 27.3. The first kappa shape index (κ1) is 30.5. The minimum Gasteiger partial charge on any atom is -0.489 e. The number of rotatable bonds is 13. The van der Waals surface area contributed by atoms with E-state index in [0.29, 0.717) is 6.61 Å². The fourth-order valence-corrected chi connectivity index (χ4v) is 6.69. The lowest BCUT2D eigenvalue weighted by molar-refractivity contribution is 0.306. The number of nitrogens with zero attached hydrogens (tertiary/aromatic N) is 2. The molecule has 0 bridgehead atoms. The van der Waals surface area contributed by atoms with Gasteiger partial charge < -0.3 is 4.74 Å². The van der Waals surface area contributed by atoms with Gasteiger partial charge in [-0.05, 0) is 64.6 Å². The van der Waals surface area contributed by atoms with Gasteiger partial charge in [0.15, 0.2) is 0 Å². The highest BCUT2D eigenvalue weighted by atomic mass is 16.5. The zero-order chi connectivity index (χ0) is 32.0. The number of benzene rings is 6. The van der Waals surface area contributed by atoms with E-state index >= 15 is 0 Å². The molecule has 0 amide bonds. The molecule has 47 heavy (non-hydrogen) atoms. The first-order valence-corrected chi connectivity index (χ1v) is 17.1. The maximum Gasteiger partial charge on any atom is 0.145 e. The van der Waals surface area contributed by atoms with Crippen LogP contribution in [0.4, 0.5) is 0 Å². The molecule has 7 rings (SSSR count). The number of ether oxygens (including phenoxy) is 1. The molecule has 0 saturated carbocycles. The molecule has 0 N–H and O–H groups in total. The maximum atomic E-state index is 6.19. The molecule has 0 atom stereocenters. The average Bonchev–Trinajstić information content (AvgIpc) is 3.54. The van der Waals surface area contributed by atoms with Crippen molar-refractivity contribution in [3.8, 4) is 22.8 Å². The Morgan fingerprint density at radius 1 is 0.638 bits per heavy atom. The number of aromatic nitrogens is 2. The summed E-state index contributed by atoms with van der Waals surface area (Å²) in [6, 6.07) is 43.2. The van der Waals surface area contributed by atoms with Gasteiger partial charge in [0.1, 0.15) is 18.2 Å². The lowest BCUT2D eigenvalue weighted by atomic mass is 10.00. The summed E-state index contributed by atoms with van der Waals surface area (Å²) in [5, 5.41) is 4.83. The van der Waals surface area contributed by atoms with E-state index in [1.807, 2.05) is 6.08 Å². The number of hydrogen-bond acceptors (Lipinski definition) is 2. The van der Waals surface area contributed by atoms with Gasteiger partial charge in [0.25, 0.3) is 0 Å². The molecule has 1 aromatic heterocycles. The van der Waals surface area contributed by atoms with Crippen LogP contribution in [0, 0.1) is 0 Å². The minimum absolute atomic E-state index is 0.512. The summed E-state index contributed by atoms with van der Waals surface area (Å²) in [7, 11) is 0. The molecule has 0 aliphatic rings. The minimum atomic E-state index is 0.512. The number of fused-ring (bicyclic) bond motifs is 6. The lowest BCUT2D eigenvalue weighted by Crippen LogP contribution is -2.00. The van der Waals surface area contributed by atoms with Crippen LogP contribution < -0.4 is 4.74 Å². The van der Waals surface area contributed by atoms with Crippen LogP contribution in [0.3, 0.4) is 0 Å². The molecule has 0 spiro atoms. The Morgan fingerprint density at radius 2 is 1.26 bits per heavy atom. The average molecular weight is 615 g/mol. The van der Waals surface area contributed by atoms with Crippen molar-refractivity contribution >= 4 is 38.7 Å². The molecule has 0 radical (unpaired) electrons. The van der Waals surface area contributed by atoms with Gasteiger partial charge in [-0.1, -0.05) is 149 Å². The van der Waals surface area contributed by atoms with E-state index in [1.54, 1.807) is 0 Å². The highest BCUT2D eigenvalue weighted by Gasteiger charge is 2.20. The van der Waals surface area contributed by atoms with Crippen molar-refractivity contribution in [2.45, 2.75) is 58.5 Å². The van der Waals surface area contributed by atoms with E-state index in [9.17, 15) is 0 Å². The Morgan fingerprint density at radius 3 is 1.96 bits per heavy atom. The summed E-state index contributed by atoms with van der Waals surface area (Å²) in [5.74, 6) is 1.78. The van der Waals surface area contributed by atoms with Crippen molar-refractivity contribution in [1.29, 1.82) is 0 Å². The Labute approximate surface area is 278 Å². The largest absolute Gasteiger partial charge is 0.489 e. The van der Waals surface area contributed by atoms with Crippen LogP contribution in [0.2, 0.25) is 0 Å². The Kier molecular flexibility index (Phi) is 9.14. The molecule has 3 nitrogen and oxygen atoms in total. The van der Waals surface area contributed by atoms with Crippen LogP contribution in [-0.4, -0.2) is 9.55 Å². The van der Waals surface area contributed by atoms with E-state index in [1.165, 1.54) is 65.6 Å². The van der Waals surface area contributed by atoms with E-state index in [-0.39, 0.29) is 0 Å². The summed E-state index contributed by atoms with van der Waals surface area (Å²) in [5.41, 5.74) is 7.94. The molecule has 7 aromatic rings. The van der Waals surface area contributed by atoms with Crippen LogP contribution >= 0.6 is 0 Å². The molecule has 0 unspecified atom stereocenters. The molecule has 0 aliphatic carbocycles. The molecule has 1 heterocycles. The Bertz CT molecular complexity index is 2120. The van der Waals surface area contributed by atoms with Gasteiger partial charge in [-0.25, -0.2) is 4.98 Å². The monoisotopic (exact) mass is 614 g/mol. The van der Waals surface area contributed by atoms with Crippen LogP contribution in [0.5, 0.6) is 5.75 Å². The highest BCUT2D eigenvalue weighted by molar-refractivity contribution is 6.24. The molecule has 6 aromatic carbocycles. The quantitative estimate of drug-likeness (QED) is 0.0954. The molecular weight excluding hydrogens is 572 g/mol. The summed E-state index contributed by atoms with van der Waals surface area (Å²) in [6.45, 7) is 6.63. The summed E-state index contributed by atoms with van der Waals surface area (Å²) in [6.07, 6.45) is 10.9. The highest BCUT2D eigenvalue weighted by Crippen LogP contribution is 2.39. The van der Waals surface area contributed by atoms with Crippen LogP contribution in [-0.2, 0) is 13.0 Å². The second kappa shape index (κ2) is 14.1. The third-order valence-electron chi connectivity index (χ3n) is 9.28. The zero-order valence-electron chi connectivity index (χ0n) is 27.3. The molecule has 0 aliphatic heterocycles. The van der Waals surface area contributed by atoms with Gasteiger partial charge in [-0.2, -0.15) is 0 Å². The van der Waals surface area contributed by atoms with Crippen molar-refractivity contribution in [2.24, 2.45) is 0 Å². The topological polar surface area (TPSA) is 27.1 Å². The van der Waals surface area contributed by atoms with Crippen molar-refractivity contribution in [1.82, 2.24) is 9.55 Å². The number of unbranched alkanes of at least 4 members (excludes halogenated alkanes) is 5. The molecule has 3 heteroatoms. The van der Waals surface area contributed by atoms with Gasteiger partial charge in [-0.3, -0.25) is 4.57 Å². The standard InChI is InChI=1S/C44H42N2O/c1-3-5-6-7-8-9-14-33-23-25-35(26-24-33)44-45-42-40-17-12-10-15-38(40)39-16-11-13-18-41(39)43(42)46(44)36-27-29-37(30-28-36)47-31-34-21-19-32(4-2)20-22-34/h4,10-13,15-30H,2-3,5-9,14,31H2,1H3. The molecule has 234 valence electrons. The van der Waals surface area contributed by atoms with E-state index in [4.69, 9.17) is 9.72 Å². The Hall–Kier alpha value is -5.15. The summed E-state index contributed by atoms with van der Waals surface area (Å²) in [4.78, 5) is 5.41. The van der Waals surface area contributed by atoms with Gasteiger partial charge in [0, 0.05) is 22.0 Å².